The number of benzene rings is 1. The first kappa shape index (κ1) is 17.3. The van der Waals surface area contributed by atoms with Crippen molar-refractivity contribution in [2.75, 3.05) is 13.1 Å². The summed E-state index contributed by atoms with van der Waals surface area (Å²) >= 11 is 0. The van der Waals surface area contributed by atoms with E-state index in [1.54, 1.807) is 0 Å². The first-order chi connectivity index (χ1) is 8.88. The first-order valence-electron chi connectivity index (χ1n) is 6.79. The van der Waals surface area contributed by atoms with Gasteiger partial charge in [0.1, 0.15) is 0 Å². The van der Waals surface area contributed by atoms with Crippen LogP contribution in [0, 0.1) is 0 Å². The van der Waals surface area contributed by atoms with Gasteiger partial charge in [0, 0.05) is 12.6 Å². The highest BCUT2D eigenvalue weighted by molar-refractivity contribution is 5.85. The number of alkyl halides is 3. The molecule has 5 heteroatoms. The Hall–Kier alpha value is -0.740. The molecule has 1 heterocycles. The molecule has 0 bridgehead atoms. The first-order valence-corrected chi connectivity index (χ1v) is 6.79. The molecule has 0 aromatic heterocycles. The summed E-state index contributed by atoms with van der Waals surface area (Å²) in [6, 6.07) is 6.26. The molecule has 1 aliphatic rings. The molecular formula is C15H21ClF3N. The number of nitrogens with zero attached hydrogens (tertiary/aromatic N) is 1. The molecule has 0 saturated carbocycles. The van der Waals surface area contributed by atoms with Gasteiger partial charge in [0.25, 0.3) is 0 Å². The van der Waals surface area contributed by atoms with E-state index in [-0.39, 0.29) is 18.3 Å². The number of piperidine rings is 1. The molecule has 1 aromatic rings. The summed E-state index contributed by atoms with van der Waals surface area (Å²) in [4.78, 5) is 2.34. The van der Waals surface area contributed by atoms with Crippen LogP contribution in [-0.2, 0) is 6.18 Å². The van der Waals surface area contributed by atoms with Crippen LogP contribution in [0.5, 0.6) is 0 Å². The molecule has 1 fully saturated rings. The summed E-state index contributed by atoms with van der Waals surface area (Å²) in [5, 5.41) is 0. The average Bonchev–Trinajstić information content (AvgIpc) is 2.38. The van der Waals surface area contributed by atoms with E-state index < -0.39 is 11.7 Å². The van der Waals surface area contributed by atoms with Crippen molar-refractivity contribution in [3.05, 3.63) is 35.4 Å². The summed E-state index contributed by atoms with van der Waals surface area (Å²) in [6.07, 6.45) is -2.22. The molecule has 1 aliphatic heterocycles. The van der Waals surface area contributed by atoms with Gasteiger partial charge in [0.05, 0.1) is 5.56 Å². The Morgan fingerprint density at radius 3 is 2.55 bits per heavy atom. The Balaban J connectivity index is 0.00000200. The van der Waals surface area contributed by atoms with Crippen LogP contribution < -0.4 is 0 Å². The highest BCUT2D eigenvalue weighted by Crippen LogP contribution is 2.33. The standard InChI is InChI=1S/C15H20F3N.ClH/c1-11(2)19-8-4-6-13(10-19)12-5-3-7-14(9-12)15(16,17)18;/h3,5,7,9,11,13H,4,6,8,10H2,1-2H3;1H. The zero-order valence-corrected chi connectivity index (χ0v) is 12.6. The zero-order valence-electron chi connectivity index (χ0n) is 11.8. The molecular weight excluding hydrogens is 287 g/mol. The number of hydrogen-bond acceptors (Lipinski definition) is 1. The van der Waals surface area contributed by atoms with Crippen LogP contribution in [0.1, 0.15) is 43.7 Å². The van der Waals surface area contributed by atoms with Gasteiger partial charge in [0.2, 0.25) is 0 Å². The quantitative estimate of drug-likeness (QED) is 0.764. The smallest absolute Gasteiger partial charge is 0.300 e. The molecule has 1 aromatic carbocycles. The fourth-order valence-electron chi connectivity index (χ4n) is 2.72. The Bertz CT molecular complexity index is 431. The molecule has 0 amide bonds. The highest BCUT2D eigenvalue weighted by atomic mass is 35.5. The third kappa shape index (κ3) is 4.13. The Morgan fingerprint density at radius 2 is 1.95 bits per heavy atom. The molecule has 20 heavy (non-hydrogen) atoms. The third-order valence-corrected chi connectivity index (χ3v) is 3.87. The van der Waals surface area contributed by atoms with Gasteiger partial charge in [-0.2, -0.15) is 13.2 Å². The van der Waals surface area contributed by atoms with Crippen LogP contribution >= 0.6 is 12.4 Å². The van der Waals surface area contributed by atoms with E-state index in [2.05, 4.69) is 18.7 Å². The fraction of sp³-hybridized carbons (Fsp3) is 0.600. The number of rotatable bonds is 2. The largest absolute Gasteiger partial charge is 0.416 e. The maximum atomic E-state index is 12.7. The summed E-state index contributed by atoms with van der Waals surface area (Å²) in [6.45, 7) is 6.18. The van der Waals surface area contributed by atoms with Crippen LogP contribution in [0.4, 0.5) is 13.2 Å². The van der Waals surface area contributed by atoms with Gasteiger partial charge in [-0.25, -0.2) is 0 Å². The Labute approximate surface area is 124 Å². The van der Waals surface area contributed by atoms with Crippen LogP contribution in [-0.4, -0.2) is 24.0 Å². The van der Waals surface area contributed by atoms with E-state index >= 15 is 0 Å². The van der Waals surface area contributed by atoms with Crippen molar-refractivity contribution in [1.82, 2.24) is 4.90 Å². The second-order valence-corrected chi connectivity index (χ2v) is 5.55. The molecule has 1 unspecified atom stereocenters. The minimum absolute atomic E-state index is 0. The van der Waals surface area contributed by atoms with Gasteiger partial charge < -0.3 is 4.90 Å². The predicted octanol–water partition coefficient (Wildman–Crippen LogP) is 4.72. The van der Waals surface area contributed by atoms with Crippen molar-refractivity contribution in [2.45, 2.75) is 44.8 Å². The topological polar surface area (TPSA) is 3.24 Å². The van der Waals surface area contributed by atoms with Gasteiger partial charge in [-0.3, -0.25) is 0 Å². The third-order valence-electron chi connectivity index (χ3n) is 3.87. The molecule has 1 saturated heterocycles. The monoisotopic (exact) mass is 307 g/mol. The zero-order chi connectivity index (χ0) is 14.0. The van der Waals surface area contributed by atoms with E-state index in [4.69, 9.17) is 0 Å². The summed E-state index contributed by atoms with van der Waals surface area (Å²) in [7, 11) is 0. The predicted molar refractivity (Wildman–Crippen MR) is 77.4 cm³/mol. The second-order valence-electron chi connectivity index (χ2n) is 5.55. The van der Waals surface area contributed by atoms with E-state index in [0.29, 0.717) is 6.04 Å². The van der Waals surface area contributed by atoms with Crippen LogP contribution in [0.15, 0.2) is 24.3 Å². The number of halogens is 4. The van der Waals surface area contributed by atoms with Gasteiger partial charge in [-0.15, -0.1) is 12.4 Å². The summed E-state index contributed by atoms with van der Waals surface area (Å²) < 4.78 is 38.2. The SMILES string of the molecule is CC(C)N1CCCC(c2cccc(C(F)(F)F)c2)C1.Cl. The molecule has 0 N–H and O–H groups in total. The Kier molecular flexibility index (Phi) is 5.90. The summed E-state index contributed by atoms with van der Waals surface area (Å²) in [5.74, 6) is 0.221. The normalized spacial score (nSPS) is 20.8. The average molecular weight is 308 g/mol. The van der Waals surface area contributed by atoms with Crippen LogP contribution in [0.2, 0.25) is 0 Å². The maximum absolute atomic E-state index is 12.7. The molecule has 0 aliphatic carbocycles. The van der Waals surface area contributed by atoms with Crippen LogP contribution in [0.25, 0.3) is 0 Å². The lowest BCUT2D eigenvalue weighted by Crippen LogP contribution is -2.39. The van der Waals surface area contributed by atoms with Crippen molar-refractivity contribution in [3.8, 4) is 0 Å². The van der Waals surface area contributed by atoms with Crippen molar-refractivity contribution in [1.29, 1.82) is 0 Å². The van der Waals surface area contributed by atoms with Gasteiger partial charge in [0.15, 0.2) is 0 Å². The summed E-state index contributed by atoms with van der Waals surface area (Å²) in [5.41, 5.74) is 0.284. The molecule has 114 valence electrons. The van der Waals surface area contributed by atoms with Crippen molar-refractivity contribution >= 4 is 12.4 Å². The lowest BCUT2D eigenvalue weighted by Gasteiger charge is -2.35. The van der Waals surface area contributed by atoms with Crippen molar-refractivity contribution in [2.24, 2.45) is 0 Å². The molecule has 0 radical (unpaired) electrons. The maximum Gasteiger partial charge on any atom is 0.416 e. The van der Waals surface area contributed by atoms with Crippen LogP contribution in [0.3, 0.4) is 0 Å². The highest BCUT2D eigenvalue weighted by Gasteiger charge is 2.31. The molecule has 2 rings (SSSR count). The van der Waals surface area contributed by atoms with Gasteiger partial charge >= 0.3 is 6.18 Å². The Morgan fingerprint density at radius 1 is 1.25 bits per heavy atom. The van der Waals surface area contributed by atoms with E-state index in [1.165, 1.54) is 12.1 Å². The minimum atomic E-state index is -4.25. The van der Waals surface area contributed by atoms with E-state index in [1.807, 2.05) is 6.07 Å². The molecule has 0 spiro atoms. The lowest BCUT2D eigenvalue weighted by atomic mass is 9.89. The van der Waals surface area contributed by atoms with E-state index in [9.17, 15) is 13.2 Å². The van der Waals surface area contributed by atoms with Crippen molar-refractivity contribution in [3.63, 3.8) is 0 Å². The lowest BCUT2D eigenvalue weighted by molar-refractivity contribution is -0.137. The number of hydrogen-bond donors (Lipinski definition) is 0. The van der Waals surface area contributed by atoms with Gasteiger partial charge in [-0.1, -0.05) is 18.2 Å². The second kappa shape index (κ2) is 6.81. The van der Waals surface area contributed by atoms with E-state index in [0.717, 1.165) is 37.6 Å². The molecule has 1 atom stereocenters. The molecule has 1 nitrogen and oxygen atoms in total. The van der Waals surface area contributed by atoms with Crippen molar-refractivity contribution < 1.29 is 13.2 Å². The minimum Gasteiger partial charge on any atom is -0.300 e. The fourth-order valence-corrected chi connectivity index (χ4v) is 2.72. The number of likely N-dealkylation sites (tertiary alicyclic amines) is 1. The van der Waals surface area contributed by atoms with Gasteiger partial charge in [-0.05, 0) is 50.8 Å².